The fourth-order valence-electron chi connectivity index (χ4n) is 1.49. The van der Waals surface area contributed by atoms with Gasteiger partial charge in [0.1, 0.15) is 12.0 Å². The maximum atomic E-state index is 11.4. The van der Waals surface area contributed by atoms with Gasteiger partial charge in [0.25, 0.3) is 0 Å². The van der Waals surface area contributed by atoms with Crippen LogP contribution in [0.2, 0.25) is 0 Å². The van der Waals surface area contributed by atoms with E-state index in [1.165, 1.54) is 6.92 Å². The Balaban J connectivity index is 2.71. The molecule has 0 radical (unpaired) electrons. The normalized spacial score (nSPS) is 12.2. The number of amides is 1. The molecule has 1 aromatic rings. The number of ketones is 1. The van der Waals surface area contributed by atoms with Crippen LogP contribution in [0, 0.1) is 0 Å². The van der Waals surface area contributed by atoms with Crippen molar-refractivity contribution in [1.29, 1.82) is 0 Å². The molecule has 1 aromatic carbocycles. The zero-order valence-corrected chi connectivity index (χ0v) is 15.7. The number of Topliss-reactive ketones (excluding diaryl/α,β-unsaturated/α-hetero) is 1. The molecule has 1 rings (SSSR count). The van der Waals surface area contributed by atoms with Crippen LogP contribution in [0.15, 0.2) is 24.3 Å². The number of anilines is 1. The van der Waals surface area contributed by atoms with Crippen LogP contribution < -0.4 is 16.0 Å². The average Bonchev–Trinajstić information content (AvgIpc) is 2.45. The average molecular weight is 417 g/mol. The molecule has 0 aliphatic heterocycles. The van der Waals surface area contributed by atoms with Gasteiger partial charge < -0.3 is 16.0 Å². The van der Waals surface area contributed by atoms with Crippen LogP contribution in [-0.2, 0) is 4.79 Å². The fourth-order valence-corrected chi connectivity index (χ4v) is 2.13. The molecular formula is C13H13Cl4N3O2S. The number of halogens is 4. The van der Waals surface area contributed by atoms with Crippen molar-refractivity contribution in [1.82, 2.24) is 10.6 Å². The first-order valence-electron chi connectivity index (χ1n) is 6.24. The second-order valence-electron chi connectivity index (χ2n) is 4.41. The fraction of sp³-hybridized carbons (Fsp3) is 0.308. The molecule has 0 aromatic heterocycles. The largest absolute Gasteiger partial charge is 0.339 e. The van der Waals surface area contributed by atoms with Crippen LogP contribution in [0.25, 0.3) is 0 Å². The van der Waals surface area contributed by atoms with Gasteiger partial charge >= 0.3 is 0 Å². The summed E-state index contributed by atoms with van der Waals surface area (Å²) in [5.74, 6) is -0.854. The molecule has 0 spiro atoms. The topological polar surface area (TPSA) is 70.2 Å². The van der Waals surface area contributed by atoms with Crippen LogP contribution in [-0.4, -0.2) is 32.6 Å². The van der Waals surface area contributed by atoms with E-state index in [-0.39, 0.29) is 16.8 Å². The number of benzene rings is 1. The highest BCUT2D eigenvalue weighted by Gasteiger charge is 2.34. The first-order chi connectivity index (χ1) is 10.6. The van der Waals surface area contributed by atoms with Gasteiger partial charge in [-0.25, -0.2) is 0 Å². The Morgan fingerprint density at radius 1 is 1.17 bits per heavy atom. The van der Waals surface area contributed by atoms with E-state index in [4.69, 9.17) is 58.6 Å². The number of carbonyl (C=O) groups excluding carboxylic acids is 2. The van der Waals surface area contributed by atoms with Gasteiger partial charge in [-0.05, 0) is 43.4 Å². The summed E-state index contributed by atoms with van der Waals surface area (Å²) in [6.45, 7) is 1.47. The highest BCUT2D eigenvalue weighted by molar-refractivity contribution is 7.80. The molecule has 3 N–H and O–H groups in total. The molecule has 0 unspecified atom stereocenters. The first kappa shape index (κ1) is 20.3. The SMILES string of the molecule is CC(=O)c1ccc(NC(=S)N[C@H](NC(=O)CCl)C(Cl)(Cl)Cl)cc1. The summed E-state index contributed by atoms with van der Waals surface area (Å²) in [5.41, 5.74) is 1.20. The van der Waals surface area contributed by atoms with Crippen molar-refractivity contribution < 1.29 is 9.59 Å². The molecule has 10 heteroatoms. The van der Waals surface area contributed by atoms with E-state index in [0.29, 0.717) is 11.3 Å². The summed E-state index contributed by atoms with van der Waals surface area (Å²) >= 11 is 27.9. The van der Waals surface area contributed by atoms with E-state index in [1.807, 2.05) is 0 Å². The maximum Gasteiger partial charge on any atom is 0.236 e. The lowest BCUT2D eigenvalue weighted by atomic mass is 10.1. The molecule has 0 aliphatic rings. The summed E-state index contributed by atoms with van der Waals surface area (Å²) in [4.78, 5) is 22.6. The van der Waals surface area contributed by atoms with E-state index < -0.39 is 15.9 Å². The standard InChI is InChI=1S/C13H13Cl4N3O2S/c1-7(21)8-2-4-9(5-3-8)18-12(23)20-11(13(15,16)17)19-10(22)6-14/h2-5,11H,6H2,1H3,(H,19,22)(H2,18,20,23)/t11-/m0/s1. The lowest BCUT2D eigenvalue weighted by Gasteiger charge is -2.27. The molecule has 126 valence electrons. The van der Waals surface area contributed by atoms with Gasteiger partial charge in [-0.15, -0.1) is 11.6 Å². The molecule has 23 heavy (non-hydrogen) atoms. The zero-order valence-electron chi connectivity index (χ0n) is 11.8. The van der Waals surface area contributed by atoms with Crippen molar-refractivity contribution in [2.45, 2.75) is 16.9 Å². The predicted octanol–water partition coefficient (Wildman–Crippen LogP) is 3.23. The molecule has 0 fully saturated rings. The van der Waals surface area contributed by atoms with E-state index >= 15 is 0 Å². The summed E-state index contributed by atoms with van der Waals surface area (Å²) in [5, 5.41) is 8.04. The number of alkyl halides is 4. The molecule has 1 atom stereocenters. The van der Waals surface area contributed by atoms with Gasteiger partial charge in [0.05, 0.1) is 0 Å². The highest BCUT2D eigenvalue weighted by Crippen LogP contribution is 2.29. The number of carbonyl (C=O) groups is 2. The molecular weight excluding hydrogens is 404 g/mol. The van der Waals surface area contributed by atoms with Crippen molar-refractivity contribution in [2.24, 2.45) is 0 Å². The third-order valence-electron chi connectivity index (χ3n) is 2.58. The lowest BCUT2D eigenvalue weighted by molar-refractivity contribution is -0.119. The second-order valence-corrected chi connectivity index (χ2v) is 7.45. The van der Waals surface area contributed by atoms with Crippen molar-refractivity contribution in [2.75, 3.05) is 11.2 Å². The molecule has 0 bridgehead atoms. The van der Waals surface area contributed by atoms with E-state index in [2.05, 4.69) is 16.0 Å². The van der Waals surface area contributed by atoms with Gasteiger partial charge in [0.2, 0.25) is 9.70 Å². The van der Waals surface area contributed by atoms with Crippen molar-refractivity contribution >= 4 is 81.1 Å². The Morgan fingerprint density at radius 3 is 2.17 bits per heavy atom. The molecule has 5 nitrogen and oxygen atoms in total. The van der Waals surface area contributed by atoms with Gasteiger partial charge in [-0.3, -0.25) is 9.59 Å². The minimum atomic E-state index is -1.84. The Kier molecular flexibility index (Phi) is 7.83. The minimum absolute atomic E-state index is 0.0442. The maximum absolute atomic E-state index is 11.4. The van der Waals surface area contributed by atoms with Crippen molar-refractivity contribution in [3.63, 3.8) is 0 Å². The molecule has 0 saturated heterocycles. The van der Waals surface area contributed by atoms with Crippen molar-refractivity contribution in [3.8, 4) is 0 Å². The summed E-state index contributed by atoms with van der Waals surface area (Å²) in [6.07, 6.45) is -1.07. The number of hydrogen-bond acceptors (Lipinski definition) is 3. The minimum Gasteiger partial charge on any atom is -0.339 e. The van der Waals surface area contributed by atoms with Gasteiger partial charge in [-0.1, -0.05) is 34.8 Å². The third kappa shape index (κ3) is 7.10. The van der Waals surface area contributed by atoms with E-state index in [9.17, 15) is 9.59 Å². The molecule has 1 amide bonds. The lowest BCUT2D eigenvalue weighted by Crippen LogP contribution is -2.56. The van der Waals surface area contributed by atoms with E-state index in [1.54, 1.807) is 24.3 Å². The molecule has 0 aliphatic carbocycles. The highest BCUT2D eigenvalue weighted by atomic mass is 35.6. The summed E-state index contributed by atoms with van der Waals surface area (Å²) in [7, 11) is 0. The van der Waals surface area contributed by atoms with Crippen LogP contribution in [0.3, 0.4) is 0 Å². The van der Waals surface area contributed by atoms with E-state index in [0.717, 1.165) is 0 Å². The zero-order chi connectivity index (χ0) is 17.6. The van der Waals surface area contributed by atoms with Crippen LogP contribution >= 0.6 is 58.6 Å². The van der Waals surface area contributed by atoms with Crippen molar-refractivity contribution in [3.05, 3.63) is 29.8 Å². The smallest absolute Gasteiger partial charge is 0.236 e. The van der Waals surface area contributed by atoms with Gasteiger partial charge in [0, 0.05) is 11.3 Å². The predicted molar refractivity (Wildman–Crippen MR) is 98.7 cm³/mol. The second kappa shape index (κ2) is 8.89. The Morgan fingerprint density at radius 2 is 1.74 bits per heavy atom. The molecule has 0 heterocycles. The number of thiocarbonyl (C=S) groups is 1. The Bertz CT molecular complexity index is 590. The quantitative estimate of drug-likeness (QED) is 0.297. The van der Waals surface area contributed by atoms with Crippen LogP contribution in [0.4, 0.5) is 5.69 Å². The number of rotatable bonds is 5. The summed E-state index contributed by atoms with van der Waals surface area (Å²) < 4.78 is -1.84. The monoisotopic (exact) mass is 415 g/mol. The molecule has 0 saturated carbocycles. The van der Waals surface area contributed by atoms with Crippen LogP contribution in [0.5, 0.6) is 0 Å². The number of hydrogen-bond donors (Lipinski definition) is 3. The van der Waals surface area contributed by atoms with Gasteiger partial charge in [-0.2, -0.15) is 0 Å². The Hall–Kier alpha value is -0.790. The van der Waals surface area contributed by atoms with Crippen LogP contribution in [0.1, 0.15) is 17.3 Å². The van der Waals surface area contributed by atoms with Gasteiger partial charge in [0.15, 0.2) is 10.9 Å². The third-order valence-corrected chi connectivity index (χ3v) is 3.70. The number of nitrogens with one attached hydrogen (secondary N) is 3. The summed E-state index contributed by atoms with van der Waals surface area (Å²) in [6, 6.07) is 6.64. The first-order valence-corrected chi connectivity index (χ1v) is 8.31. The Labute approximate surface area is 159 Å².